The van der Waals surface area contributed by atoms with Crippen LogP contribution in [0.3, 0.4) is 0 Å². The predicted molar refractivity (Wildman–Crippen MR) is 78.9 cm³/mol. The van der Waals surface area contributed by atoms with Crippen LogP contribution in [0.5, 0.6) is 0 Å². The van der Waals surface area contributed by atoms with E-state index in [9.17, 15) is 0 Å². The Hall–Kier alpha value is -0.770. The van der Waals surface area contributed by atoms with Crippen LogP contribution in [0.1, 0.15) is 52.4 Å². The molecule has 0 aromatic rings. The van der Waals surface area contributed by atoms with Gasteiger partial charge in [-0.1, -0.05) is 12.8 Å². The quantitative estimate of drug-likeness (QED) is 0.415. The zero-order chi connectivity index (χ0) is 13.4. The highest BCUT2D eigenvalue weighted by Crippen LogP contribution is 2.17. The third-order valence-electron chi connectivity index (χ3n) is 3.79. The summed E-state index contributed by atoms with van der Waals surface area (Å²) < 4.78 is 0. The van der Waals surface area contributed by atoms with Gasteiger partial charge in [-0.3, -0.25) is 4.99 Å². The fourth-order valence-corrected chi connectivity index (χ4v) is 2.26. The summed E-state index contributed by atoms with van der Waals surface area (Å²) in [4.78, 5) is 6.76. The van der Waals surface area contributed by atoms with Gasteiger partial charge in [0.2, 0.25) is 0 Å². The molecule has 0 aromatic carbocycles. The second kappa shape index (κ2) is 8.35. The molecule has 1 rings (SSSR count). The number of nitrogens with one attached hydrogen (secondary N) is 1. The molecular formula is C14H30N4. The molecule has 0 heterocycles. The lowest BCUT2D eigenvalue weighted by Gasteiger charge is -2.20. The van der Waals surface area contributed by atoms with Gasteiger partial charge in [0.1, 0.15) is 0 Å². The number of aliphatic imine (C=N–C) groups is 1. The lowest BCUT2D eigenvalue weighted by molar-refractivity contribution is 0.269. The Balaban J connectivity index is 2.04. The third kappa shape index (κ3) is 6.24. The summed E-state index contributed by atoms with van der Waals surface area (Å²) in [5.41, 5.74) is 5.87. The van der Waals surface area contributed by atoms with E-state index in [1.807, 2.05) is 0 Å². The van der Waals surface area contributed by atoms with E-state index in [0.717, 1.165) is 19.5 Å². The van der Waals surface area contributed by atoms with Gasteiger partial charge in [0.15, 0.2) is 5.96 Å². The third-order valence-corrected chi connectivity index (χ3v) is 3.79. The molecule has 1 aliphatic carbocycles. The van der Waals surface area contributed by atoms with Crippen molar-refractivity contribution in [3.05, 3.63) is 0 Å². The molecule has 106 valence electrons. The maximum absolute atomic E-state index is 5.87. The molecule has 0 radical (unpaired) electrons. The number of unbranched alkanes of at least 4 members (excludes halogenated alkanes) is 1. The van der Waals surface area contributed by atoms with Gasteiger partial charge in [0, 0.05) is 18.6 Å². The van der Waals surface area contributed by atoms with Crippen molar-refractivity contribution >= 4 is 5.96 Å². The molecule has 0 spiro atoms. The van der Waals surface area contributed by atoms with E-state index in [1.54, 1.807) is 0 Å². The molecule has 1 saturated carbocycles. The van der Waals surface area contributed by atoms with Crippen molar-refractivity contribution in [3.8, 4) is 0 Å². The minimum absolute atomic E-state index is 0.570. The molecule has 1 aliphatic rings. The summed E-state index contributed by atoms with van der Waals surface area (Å²) in [7, 11) is 2.17. The van der Waals surface area contributed by atoms with Crippen molar-refractivity contribution in [1.82, 2.24) is 10.2 Å². The van der Waals surface area contributed by atoms with Crippen LogP contribution in [-0.2, 0) is 0 Å². The molecule has 0 aliphatic heterocycles. The van der Waals surface area contributed by atoms with Crippen LogP contribution in [0, 0.1) is 0 Å². The van der Waals surface area contributed by atoms with E-state index in [1.165, 1.54) is 32.1 Å². The molecule has 0 atom stereocenters. The van der Waals surface area contributed by atoms with E-state index in [0.29, 0.717) is 18.0 Å². The summed E-state index contributed by atoms with van der Waals surface area (Å²) in [6.07, 6.45) is 7.45. The number of hydrogen-bond donors (Lipinski definition) is 2. The number of rotatable bonds is 7. The summed E-state index contributed by atoms with van der Waals surface area (Å²) in [6, 6.07) is 1.20. The van der Waals surface area contributed by atoms with Gasteiger partial charge >= 0.3 is 0 Å². The number of nitrogens with zero attached hydrogens (tertiary/aromatic N) is 2. The predicted octanol–water partition coefficient (Wildman–Crippen LogP) is 1.95. The standard InChI is InChI=1S/C14H30N4/c1-12(2)18(3)11-7-6-10-16-14(15)17-13-8-4-5-9-13/h12-13H,4-11H2,1-3H3,(H3,15,16,17). The molecule has 4 nitrogen and oxygen atoms in total. The van der Waals surface area contributed by atoms with E-state index < -0.39 is 0 Å². The largest absolute Gasteiger partial charge is 0.370 e. The SMILES string of the molecule is CC(C)N(C)CCCCN=C(N)NC1CCCC1. The van der Waals surface area contributed by atoms with Gasteiger partial charge in [-0.05, 0) is 53.1 Å². The molecule has 3 N–H and O–H groups in total. The average molecular weight is 254 g/mol. The molecular weight excluding hydrogens is 224 g/mol. The highest BCUT2D eigenvalue weighted by molar-refractivity contribution is 5.78. The normalized spacial score (nSPS) is 17.9. The first-order valence-corrected chi connectivity index (χ1v) is 7.36. The van der Waals surface area contributed by atoms with Crippen molar-refractivity contribution < 1.29 is 0 Å². The fourth-order valence-electron chi connectivity index (χ4n) is 2.26. The molecule has 4 heteroatoms. The van der Waals surface area contributed by atoms with E-state index in [4.69, 9.17) is 5.73 Å². The Morgan fingerprint density at radius 3 is 2.61 bits per heavy atom. The first kappa shape index (κ1) is 15.3. The van der Waals surface area contributed by atoms with E-state index in [-0.39, 0.29) is 0 Å². The van der Waals surface area contributed by atoms with Crippen molar-refractivity contribution in [2.75, 3.05) is 20.1 Å². The molecule has 0 unspecified atom stereocenters. The van der Waals surface area contributed by atoms with Crippen LogP contribution in [0.2, 0.25) is 0 Å². The Morgan fingerprint density at radius 1 is 1.33 bits per heavy atom. The lowest BCUT2D eigenvalue weighted by atomic mass is 10.2. The first-order chi connectivity index (χ1) is 8.59. The van der Waals surface area contributed by atoms with E-state index in [2.05, 4.69) is 36.1 Å². The smallest absolute Gasteiger partial charge is 0.188 e. The first-order valence-electron chi connectivity index (χ1n) is 7.36. The monoisotopic (exact) mass is 254 g/mol. The van der Waals surface area contributed by atoms with Crippen molar-refractivity contribution in [1.29, 1.82) is 0 Å². The highest BCUT2D eigenvalue weighted by atomic mass is 15.1. The van der Waals surface area contributed by atoms with Crippen molar-refractivity contribution in [2.24, 2.45) is 10.7 Å². The van der Waals surface area contributed by atoms with Crippen LogP contribution in [0.15, 0.2) is 4.99 Å². The Kier molecular flexibility index (Phi) is 7.09. The topological polar surface area (TPSA) is 53.6 Å². The minimum atomic E-state index is 0.570. The van der Waals surface area contributed by atoms with Crippen LogP contribution in [-0.4, -0.2) is 43.1 Å². The van der Waals surface area contributed by atoms with Crippen molar-refractivity contribution in [2.45, 2.75) is 64.5 Å². The molecule has 0 saturated heterocycles. The summed E-state index contributed by atoms with van der Waals surface area (Å²) in [6.45, 7) is 6.43. The van der Waals surface area contributed by atoms with E-state index >= 15 is 0 Å². The van der Waals surface area contributed by atoms with Gasteiger partial charge in [-0.15, -0.1) is 0 Å². The van der Waals surface area contributed by atoms with Crippen LogP contribution in [0.25, 0.3) is 0 Å². The summed E-state index contributed by atoms with van der Waals surface area (Å²) in [5.74, 6) is 0.638. The van der Waals surface area contributed by atoms with Gasteiger partial charge < -0.3 is 16.0 Å². The lowest BCUT2D eigenvalue weighted by Crippen LogP contribution is -2.38. The highest BCUT2D eigenvalue weighted by Gasteiger charge is 2.14. The number of nitrogens with two attached hydrogens (primary N) is 1. The van der Waals surface area contributed by atoms with Crippen molar-refractivity contribution in [3.63, 3.8) is 0 Å². The Morgan fingerprint density at radius 2 is 2.00 bits per heavy atom. The maximum atomic E-state index is 5.87. The maximum Gasteiger partial charge on any atom is 0.188 e. The summed E-state index contributed by atoms with van der Waals surface area (Å²) >= 11 is 0. The molecule has 0 bridgehead atoms. The molecule has 18 heavy (non-hydrogen) atoms. The Labute approximate surface area is 112 Å². The average Bonchev–Trinajstić information content (AvgIpc) is 2.80. The second-order valence-corrected chi connectivity index (χ2v) is 5.67. The fraction of sp³-hybridized carbons (Fsp3) is 0.929. The zero-order valence-corrected chi connectivity index (χ0v) is 12.3. The van der Waals surface area contributed by atoms with Gasteiger partial charge in [-0.2, -0.15) is 0 Å². The van der Waals surface area contributed by atoms with Crippen LogP contribution >= 0.6 is 0 Å². The molecule has 0 aromatic heterocycles. The van der Waals surface area contributed by atoms with Gasteiger partial charge in [0.05, 0.1) is 0 Å². The summed E-state index contributed by atoms with van der Waals surface area (Å²) in [5, 5.41) is 3.31. The van der Waals surface area contributed by atoms with Crippen LogP contribution < -0.4 is 11.1 Å². The molecule has 0 amide bonds. The van der Waals surface area contributed by atoms with Gasteiger partial charge in [-0.25, -0.2) is 0 Å². The van der Waals surface area contributed by atoms with Gasteiger partial charge in [0.25, 0.3) is 0 Å². The number of guanidine groups is 1. The minimum Gasteiger partial charge on any atom is -0.370 e. The Bertz CT molecular complexity index is 244. The second-order valence-electron chi connectivity index (χ2n) is 5.67. The zero-order valence-electron chi connectivity index (χ0n) is 12.3. The van der Waals surface area contributed by atoms with Crippen LogP contribution in [0.4, 0.5) is 0 Å². The number of hydrogen-bond acceptors (Lipinski definition) is 2. The molecule has 1 fully saturated rings.